The largest absolute Gasteiger partial charge is 0.344 e. The molecule has 2 heterocycles. The summed E-state index contributed by atoms with van der Waals surface area (Å²) < 4.78 is 0.530. The van der Waals surface area contributed by atoms with Crippen LogP contribution < -0.4 is 15.6 Å². The molecule has 10 nitrogen and oxygen atoms in total. The van der Waals surface area contributed by atoms with Crippen LogP contribution in [0.2, 0.25) is 0 Å². The highest BCUT2D eigenvalue weighted by Gasteiger charge is 2.47. The van der Waals surface area contributed by atoms with Crippen molar-refractivity contribution in [3.63, 3.8) is 0 Å². The Bertz CT molecular complexity index is 795. The number of rotatable bonds is 7. The number of urea groups is 1. The van der Waals surface area contributed by atoms with Gasteiger partial charge in [0, 0.05) is 13.0 Å². The second-order valence-electron chi connectivity index (χ2n) is 6.55. The summed E-state index contributed by atoms with van der Waals surface area (Å²) in [5.41, 5.74) is 1.31. The van der Waals surface area contributed by atoms with Crippen molar-refractivity contribution in [3.05, 3.63) is 0 Å². The van der Waals surface area contributed by atoms with Gasteiger partial charge in [-0.05, 0) is 26.2 Å². The summed E-state index contributed by atoms with van der Waals surface area (Å²) in [4.78, 5) is 49.6. The predicted octanol–water partition coefficient (Wildman–Crippen LogP) is 0.897. The molecule has 3 rings (SSSR count). The average molecular weight is 412 g/mol. The van der Waals surface area contributed by atoms with E-state index in [2.05, 4.69) is 20.9 Å². The number of hydrazine groups is 1. The molecule has 5 amide bonds. The summed E-state index contributed by atoms with van der Waals surface area (Å²) >= 11 is 2.36. The van der Waals surface area contributed by atoms with Crippen LogP contribution in [0.3, 0.4) is 0 Å². The van der Waals surface area contributed by atoms with E-state index in [0.29, 0.717) is 20.9 Å². The SMILES string of the molecule is CC[C@@]1(C)NC(=O)N(NC(=O)CSc2nnc(N(C(C)=O)C3CC3)s2)C1=O. The number of carbonyl (C=O) groups is 4. The molecule has 0 bridgehead atoms. The average Bonchev–Trinajstić information content (AvgIpc) is 3.29. The molecule has 2 aliphatic rings. The van der Waals surface area contributed by atoms with Gasteiger partial charge < -0.3 is 5.32 Å². The lowest BCUT2D eigenvalue weighted by Gasteiger charge is -2.19. The summed E-state index contributed by atoms with van der Waals surface area (Å²) in [5, 5.41) is 11.8. The van der Waals surface area contributed by atoms with Crippen molar-refractivity contribution < 1.29 is 19.2 Å². The standard InChI is InChI=1S/C15H20N6O4S2/c1-4-15(3)11(24)21(12(25)16-15)19-10(23)7-26-14-18-17-13(27-14)20(8(2)22)9-5-6-9/h9H,4-7H2,1-3H3,(H,16,25)(H,19,23)/t15-/m1/s1. The minimum atomic E-state index is -1.01. The van der Waals surface area contributed by atoms with Crippen molar-refractivity contribution in [3.8, 4) is 0 Å². The molecule has 12 heteroatoms. The molecule has 27 heavy (non-hydrogen) atoms. The van der Waals surface area contributed by atoms with Crippen LogP contribution in [0.25, 0.3) is 0 Å². The molecular weight excluding hydrogens is 392 g/mol. The molecular formula is C15H20N6O4S2. The van der Waals surface area contributed by atoms with Crippen molar-refractivity contribution in [2.24, 2.45) is 0 Å². The van der Waals surface area contributed by atoms with Crippen LogP contribution >= 0.6 is 23.1 Å². The first-order chi connectivity index (χ1) is 12.7. The first-order valence-electron chi connectivity index (χ1n) is 8.47. The van der Waals surface area contributed by atoms with Crippen molar-refractivity contribution in [2.75, 3.05) is 10.7 Å². The lowest BCUT2D eigenvalue weighted by atomic mass is 10.00. The molecule has 1 aromatic rings. The number of hydrogen-bond acceptors (Lipinski definition) is 8. The second-order valence-corrected chi connectivity index (χ2v) is 8.73. The summed E-state index contributed by atoms with van der Waals surface area (Å²) in [7, 11) is 0. The number of nitrogens with zero attached hydrogens (tertiary/aromatic N) is 4. The summed E-state index contributed by atoms with van der Waals surface area (Å²) in [6.45, 7) is 4.87. The zero-order valence-corrected chi connectivity index (χ0v) is 16.8. The monoisotopic (exact) mass is 412 g/mol. The third kappa shape index (κ3) is 4.05. The summed E-state index contributed by atoms with van der Waals surface area (Å²) in [6, 6.07) is -0.466. The molecule has 1 aliphatic heterocycles. The number of thioether (sulfide) groups is 1. The van der Waals surface area contributed by atoms with Crippen LogP contribution in [0.4, 0.5) is 9.93 Å². The maximum absolute atomic E-state index is 12.3. The molecule has 2 N–H and O–H groups in total. The Morgan fingerprint density at radius 1 is 1.41 bits per heavy atom. The van der Waals surface area contributed by atoms with Gasteiger partial charge in [0.05, 0.1) is 5.75 Å². The number of imide groups is 1. The summed E-state index contributed by atoms with van der Waals surface area (Å²) in [5.74, 6) is -1.13. The Labute approximate surface area is 164 Å². The quantitative estimate of drug-likeness (QED) is 0.387. The first kappa shape index (κ1) is 19.5. The fourth-order valence-corrected chi connectivity index (χ4v) is 4.30. The van der Waals surface area contributed by atoms with Crippen molar-refractivity contribution in [1.29, 1.82) is 0 Å². The zero-order chi connectivity index (χ0) is 19.8. The zero-order valence-electron chi connectivity index (χ0n) is 15.1. The van der Waals surface area contributed by atoms with Gasteiger partial charge in [0.2, 0.25) is 16.9 Å². The lowest BCUT2D eigenvalue weighted by Crippen LogP contribution is -2.49. The molecule has 0 unspecified atom stereocenters. The Kier molecular flexibility index (Phi) is 5.38. The highest BCUT2D eigenvalue weighted by atomic mass is 32.2. The van der Waals surface area contributed by atoms with Gasteiger partial charge in [-0.1, -0.05) is 30.0 Å². The molecule has 1 saturated carbocycles. The van der Waals surface area contributed by atoms with E-state index in [-0.39, 0.29) is 17.7 Å². The Hall–Kier alpha value is -2.21. The number of anilines is 1. The highest BCUT2D eigenvalue weighted by molar-refractivity contribution is 8.01. The van der Waals surface area contributed by atoms with E-state index >= 15 is 0 Å². The Morgan fingerprint density at radius 3 is 2.67 bits per heavy atom. The fourth-order valence-electron chi connectivity index (χ4n) is 2.55. The van der Waals surface area contributed by atoms with Crippen LogP contribution in [0.5, 0.6) is 0 Å². The van der Waals surface area contributed by atoms with E-state index in [1.165, 1.54) is 18.3 Å². The number of carbonyl (C=O) groups excluding carboxylic acids is 4. The lowest BCUT2D eigenvalue weighted by molar-refractivity contribution is -0.137. The third-order valence-electron chi connectivity index (χ3n) is 4.38. The van der Waals surface area contributed by atoms with Crippen molar-refractivity contribution >= 4 is 52.0 Å². The number of nitrogens with one attached hydrogen (secondary N) is 2. The topological polar surface area (TPSA) is 125 Å². The smallest absolute Gasteiger partial charge is 0.322 e. The van der Waals surface area contributed by atoms with E-state index in [9.17, 15) is 19.2 Å². The van der Waals surface area contributed by atoms with Gasteiger partial charge in [0.25, 0.3) is 5.91 Å². The molecule has 1 saturated heterocycles. The van der Waals surface area contributed by atoms with E-state index in [4.69, 9.17) is 0 Å². The summed E-state index contributed by atoms with van der Waals surface area (Å²) in [6.07, 6.45) is 2.32. The fraction of sp³-hybridized carbons (Fsp3) is 0.600. The maximum atomic E-state index is 12.3. The molecule has 2 fully saturated rings. The van der Waals surface area contributed by atoms with E-state index in [1.54, 1.807) is 18.7 Å². The van der Waals surface area contributed by atoms with Gasteiger partial charge in [-0.2, -0.15) is 5.01 Å². The molecule has 146 valence electrons. The van der Waals surface area contributed by atoms with Crippen LogP contribution in [0, 0.1) is 0 Å². The van der Waals surface area contributed by atoms with Gasteiger partial charge >= 0.3 is 6.03 Å². The first-order valence-corrected chi connectivity index (χ1v) is 10.3. The molecule has 0 aromatic carbocycles. The Morgan fingerprint density at radius 2 is 2.11 bits per heavy atom. The Balaban J connectivity index is 1.55. The van der Waals surface area contributed by atoms with Gasteiger partial charge in [0.15, 0.2) is 4.34 Å². The predicted molar refractivity (Wildman–Crippen MR) is 99.0 cm³/mol. The molecule has 1 aromatic heterocycles. The molecule has 0 spiro atoms. The van der Waals surface area contributed by atoms with E-state index < -0.39 is 23.4 Å². The third-order valence-corrected chi connectivity index (χ3v) is 6.44. The van der Waals surface area contributed by atoms with Crippen LogP contribution in [0.15, 0.2) is 4.34 Å². The van der Waals surface area contributed by atoms with Gasteiger partial charge in [-0.3, -0.25) is 24.7 Å². The van der Waals surface area contributed by atoms with E-state index in [0.717, 1.165) is 24.6 Å². The number of aromatic nitrogens is 2. The second kappa shape index (κ2) is 7.43. The van der Waals surface area contributed by atoms with Gasteiger partial charge in [-0.15, -0.1) is 10.2 Å². The number of hydrogen-bond donors (Lipinski definition) is 2. The molecule has 0 radical (unpaired) electrons. The van der Waals surface area contributed by atoms with E-state index in [1.807, 2.05) is 0 Å². The van der Waals surface area contributed by atoms with Gasteiger partial charge in [-0.25, -0.2) is 4.79 Å². The normalized spacial score (nSPS) is 22.0. The van der Waals surface area contributed by atoms with Gasteiger partial charge in [0.1, 0.15) is 5.54 Å². The molecule has 1 atom stereocenters. The number of amides is 5. The minimum Gasteiger partial charge on any atom is -0.322 e. The van der Waals surface area contributed by atoms with Crippen LogP contribution in [-0.4, -0.2) is 56.3 Å². The van der Waals surface area contributed by atoms with Crippen LogP contribution in [-0.2, 0) is 14.4 Å². The van der Waals surface area contributed by atoms with Crippen molar-refractivity contribution in [2.45, 2.75) is 56.0 Å². The highest BCUT2D eigenvalue weighted by Crippen LogP contribution is 2.35. The minimum absolute atomic E-state index is 0.0436. The van der Waals surface area contributed by atoms with Crippen LogP contribution in [0.1, 0.15) is 40.0 Å². The maximum Gasteiger partial charge on any atom is 0.344 e. The van der Waals surface area contributed by atoms with Crippen molar-refractivity contribution in [1.82, 2.24) is 25.9 Å². The molecule has 1 aliphatic carbocycles.